The van der Waals surface area contributed by atoms with E-state index in [2.05, 4.69) is 25.6 Å². The van der Waals surface area contributed by atoms with Crippen LogP contribution in [-0.2, 0) is 13.0 Å². The molecule has 0 aliphatic carbocycles. The van der Waals surface area contributed by atoms with Crippen LogP contribution in [0.5, 0.6) is 0 Å². The molecule has 0 unspecified atom stereocenters. The summed E-state index contributed by atoms with van der Waals surface area (Å²) < 4.78 is 12.9. The fourth-order valence-corrected chi connectivity index (χ4v) is 2.29. The first kappa shape index (κ1) is 17.5. The highest BCUT2D eigenvalue weighted by atomic mass is 19.1. The highest BCUT2D eigenvalue weighted by molar-refractivity contribution is 5.91. The molecule has 0 saturated heterocycles. The van der Waals surface area contributed by atoms with Crippen LogP contribution in [0.4, 0.5) is 10.2 Å². The van der Waals surface area contributed by atoms with Crippen LogP contribution in [0, 0.1) is 5.82 Å². The van der Waals surface area contributed by atoms with Crippen molar-refractivity contribution in [1.29, 1.82) is 0 Å². The third-order valence-corrected chi connectivity index (χ3v) is 3.67. The maximum absolute atomic E-state index is 12.9. The topological polar surface area (TPSA) is 79.8 Å². The number of hydrogen-bond donors (Lipinski definition) is 2. The van der Waals surface area contributed by atoms with Gasteiger partial charge in [-0.25, -0.2) is 14.4 Å². The number of carbonyl (C=O) groups is 1. The molecule has 0 aliphatic rings. The largest absolute Gasteiger partial charge is 0.368 e. The quantitative estimate of drug-likeness (QED) is 0.684. The average Bonchev–Trinajstić information content (AvgIpc) is 2.69. The smallest absolute Gasteiger partial charge is 0.271 e. The van der Waals surface area contributed by atoms with Gasteiger partial charge in [0.1, 0.15) is 17.3 Å². The first-order chi connectivity index (χ1) is 12.7. The van der Waals surface area contributed by atoms with Gasteiger partial charge in [-0.15, -0.1) is 0 Å². The second kappa shape index (κ2) is 8.66. The summed E-state index contributed by atoms with van der Waals surface area (Å²) in [5.74, 6) is 0.0267. The molecule has 26 heavy (non-hydrogen) atoms. The summed E-state index contributed by atoms with van der Waals surface area (Å²) in [6, 6.07) is 11.9. The number of nitrogens with one attached hydrogen (secondary N) is 2. The SMILES string of the molecule is O=C(NCc1ccccn1)c1cnc(NCCc2ccc(F)cc2)cn1. The molecule has 0 saturated carbocycles. The summed E-state index contributed by atoms with van der Waals surface area (Å²) >= 11 is 0. The van der Waals surface area contributed by atoms with Gasteiger partial charge in [0.25, 0.3) is 5.91 Å². The second-order valence-corrected chi connectivity index (χ2v) is 5.59. The zero-order chi connectivity index (χ0) is 18.2. The minimum absolute atomic E-state index is 0.241. The van der Waals surface area contributed by atoms with E-state index in [9.17, 15) is 9.18 Å². The van der Waals surface area contributed by atoms with Crippen LogP contribution in [-0.4, -0.2) is 27.4 Å². The van der Waals surface area contributed by atoms with Gasteiger partial charge in [-0.3, -0.25) is 9.78 Å². The number of rotatable bonds is 7. The third kappa shape index (κ3) is 5.07. The highest BCUT2D eigenvalue weighted by Gasteiger charge is 2.08. The van der Waals surface area contributed by atoms with Gasteiger partial charge in [0.2, 0.25) is 0 Å². The van der Waals surface area contributed by atoms with Crippen molar-refractivity contribution in [3.8, 4) is 0 Å². The molecule has 2 N–H and O–H groups in total. The Hall–Kier alpha value is -3.35. The molecule has 0 aliphatic heterocycles. The van der Waals surface area contributed by atoms with Gasteiger partial charge in [-0.2, -0.15) is 0 Å². The maximum atomic E-state index is 12.9. The van der Waals surface area contributed by atoms with E-state index in [1.54, 1.807) is 18.3 Å². The minimum Gasteiger partial charge on any atom is -0.368 e. The molecule has 0 radical (unpaired) electrons. The average molecular weight is 351 g/mol. The Bertz CT molecular complexity index is 838. The maximum Gasteiger partial charge on any atom is 0.271 e. The van der Waals surface area contributed by atoms with E-state index in [1.165, 1.54) is 24.5 Å². The van der Waals surface area contributed by atoms with Crippen LogP contribution in [0.3, 0.4) is 0 Å². The molecular weight excluding hydrogens is 333 g/mol. The van der Waals surface area contributed by atoms with Gasteiger partial charge in [0.15, 0.2) is 0 Å². The van der Waals surface area contributed by atoms with Crippen LogP contribution < -0.4 is 10.6 Å². The number of anilines is 1. The lowest BCUT2D eigenvalue weighted by atomic mass is 10.1. The van der Waals surface area contributed by atoms with Gasteiger partial charge < -0.3 is 10.6 Å². The van der Waals surface area contributed by atoms with Crippen molar-refractivity contribution in [1.82, 2.24) is 20.3 Å². The molecule has 0 spiro atoms. The molecular formula is C19H18FN5O. The van der Waals surface area contributed by atoms with E-state index >= 15 is 0 Å². The fraction of sp³-hybridized carbons (Fsp3) is 0.158. The summed E-state index contributed by atoms with van der Waals surface area (Å²) in [5, 5.41) is 5.87. The Labute approximate surface area is 150 Å². The van der Waals surface area contributed by atoms with E-state index in [-0.39, 0.29) is 17.4 Å². The fourth-order valence-electron chi connectivity index (χ4n) is 2.29. The Kier molecular flexibility index (Phi) is 5.82. The van der Waals surface area contributed by atoms with Crippen molar-refractivity contribution in [2.45, 2.75) is 13.0 Å². The van der Waals surface area contributed by atoms with E-state index in [0.717, 1.165) is 17.7 Å². The molecule has 1 aromatic carbocycles. The monoisotopic (exact) mass is 351 g/mol. The molecule has 7 heteroatoms. The number of aromatic nitrogens is 3. The number of pyridine rings is 1. The number of benzene rings is 1. The lowest BCUT2D eigenvalue weighted by Crippen LogP contribution is -2.24. The summed E-state index contributed by atoms with van der Waals surface area (Å²) in [5.41, 5.74) is 2.04. The summed E-state index contributed by atoms with van der Waals surface area (Å²) in [6.45, 7) is 0.963. The highest BCUT2D eigenvalue weighted by Crippen LogP contribution is 2.05. The van der Waals surface area contributed by atoms with E-state index < -0.39 is 0 Å². The third-order valence-electron chi connectivity index (χ3n) is 3.67. The molecule has 132 valence electrons. The number of amides is 1. The number of carbonyl (C=O) groups excluding carboxylic acids is 1. The molecule has 0 atom stereocenters. The van der Waals surface area contributed by atoms with Crippen LogP contribution in [0.2, 0.25) is 0 Å². The molecule has 1 amide bonds. The molecule has 3 rings (SSSR count). The van der Waals surface area contributed by atoms with Gasteiger partial charge in [0, 0.05) is 12.7 Å². The van der Waals surface area contributed by atoms with E-state index in [0.29, 0.717) is 18.9 Å². The van der Waals surface area contributed by atoms with Gasteiger partial charge >= 0.3 is 0 Å². The zero-order valence-corrected chi connectivity index (χ0v) is 14.0. The Balaban J connectivity index is 1.46. The Morgan fingerprint density at radius 1 is 1.00 bits per heavy atom. The van der Waals surface area contributed by atoms with Gasteiger partial charge in [-0.1, -0.05) is 18.2 Å². The minimum atomic E-state index is -0.305. The van der Waals surface area contributed by atoms with Crippen molar-refractivity contribution < 1.29 is 9.18 Å². The molecule has 3 aromatic rings. The summed E-state index contributed by atoms with van der Waals surface area (Å²) in [7, 11) is 0. The first-order valence-corrected chi connectivity index (χ1v) is 8.19. The second-order valence-electron chi connectivity index (χ2n) is 5.59. The predicted octanol–water partition coefficient (Wildman–Crippen LogP) is 2.60. The van der Waals surface area contributed by atoms with Crippen LogP contribution in [0.15, 0.2) is 61.1 Å². The Morgan fingerprint density at radius 3 is 2.54 bits per heavy atom. The van der Waals surface area contributed by atoms with Crippen molar-refractivity contribution in [2.75, 3.05) is 11.9 Å². The normalized spacial score (nSPS) is 10.3. The van der Waals surface area contributed by atoms with Crippen molar-refractivity contribution in [3.05, 3.63) is 83.8 Å². The van der Waals surface area contributed by atoms with Crippen LogP contribution in [0.1, 0.15) is 21.7 Å². The Morgan fingerprint density at radius 2 is 1.85 bits per heavy atom. The predicted molar refractivity (Wildman–Crippen MR) is 96.0 cm³/mol. The van der Waals surface area contributed by atoms with E-state index in [1.807, 2.05) is 18.2 Å². The molecule has 0 fully saturated rings. The van der Waals surface area contributed by atoms with Crippen molar-refractivity contribution in [3.63, 3.8) is 0 Å². The van der Waals surface area contributed by atoms with Gasteiger partial charge in [-0.05, 0) is 36.2 Å². The number of halogens is 1. The van der Waals surface area contributed by atoms with Crippen molar-refractivity contribution >= 4 is 11.7 Å². The zero-order valence-electron chi connectivity index (χ0n) is 14.0. The molecule has 6 nitrogen and oxygen atoms in total. The lowest BCUT2D eigenvalue weighted by molar-refractivity contribution is 0.0945. The first-order valence-electron chi connectivity index (χ1n) is 8.19. The van der Waals surface area contributed by atoms with Crippen molar-refractivity contribution in [2.24, 2.45) is 0 Å². The lowest BCUT2D eigenvalue weighted by Gasteiger charge is -2.07. The molecule has 2 aromatic heterocycles. The van der Waals surface area contributed by atoms with Crippen LogP contribution in [0.25, 0.3) is 0 Å². The summed E-state index contributed by atoms with van der Waals surface area (Å²) in [6.07, 6.45) is 5.34. The van der Waals surface area contributed by atoms with Gasteiger partial charge in [0.05, 0.1) is 24.6 Å². The standard InChI is InChI=1S/C19H18FN5O/c20-15-6-4-14(5-7-15)8-10-22-18-13-23-17(12-24-18)19(26)25-11-16-3-1-2-9-21-16/h1-7,9,12-13H,8,10-11H2,(H,22,24)(H,25,26). The molecule has 0 bridgehead atoms. The number of hydrogen-bond acceptors (Lipinski definition) is 5. The summed E-state index contributed by atoms with van der Waals surface area (Å²) in [4.78, 5) is 24.5. The van der Waals surface area contributed by atoms with Crippen LogP contribution >= 0.6 is 0 Å². The number of nitrogens with zero attached hydrogens (tertiary/aromatic N) is 3. The van der Waals surface area contributed by atoms with E-state index in [4.69, 9.17) is 0 Å². The molecule has 2 heterocycles.